The Labute approximate surface area is 121 Å². The fourth-order valence-corrected chi connectivity index (χ4v) is 2.78. The van der Waals surface area contributed by atoms with Crippen LogP contribution in [0.1, 0.15) is 17.4 Å². The van der Waals surface area contributed by atoms with Gasteiger partial charge in [0.2, 0.25) is 10.0 Å². The Morgan fingerprint density at radius 2 is 2.00 bits per heavy atom. The van der Waals surface area contributed by atoms with Crippen molar-refractivity contribution in [1.82, 2.24) is 14.5 Å². The van der Waals surface area contributed by atoms with Gasteiger partial charge in [0, 0.05) is 6.54 Å². The lowest BCUT2D eigenvalue weighted by Crippen LogP contribution is -2.23. The van der Waals surface area contributed by atoms with E-state index in [-0.39, 0.29) is 16.3 Å². The van der Waals surface area contributed by atoms with Gasteiger partial charge >= 0.3 is 5.97 Å². The number of nitrogens with two attached hydrogens (primary N) is 1. The van der Waals surface area contributed by atoms with Gasteiger partial charge in [-0.25, -0.2) is 22.6 Å². The van der Waals surface area contributed by atoms with Crippen LogP contribution in [-0.2, 0) is 10.0 Å². The van der Waals surface area contributed by atoms with E-state index in [4.69, 9.17) is 10.8 Å². The van der Waals surface area contributed by atoms with Crippen molar-refractivity contribution in [2.75, 3.05) is 12.3 Å². The number of carboxylic acid groups (broad SMARTS) is 1. The maximum Gasteiger partial charge on any atom is 0.358 e. The van der Waals surface area contributed by atoms with E-state index in [0.29, 0.717) is 12.2 Å². The van der Waals surface area contributed by atoms with Crippen molar-refractivity contribution in [2.24, 2.45) is 0 Å². The molecule has 0 aliphatic carbocycles. The predicted molar refractivity (Wildman–Crippen MR) is 75.8 cm³/mol. The number of nitrogens with zero attached hydrogens (tertiary/aromatic N) is 2. The molecule has 0 unspecified atom stereocenters. The highest BCUT2D eigenvalue weighted by atomic mass is 32.2. The fraction of sp³-hybridized carbons (Fsp3) is 0.167. The maximum absolute atomic E-state index is 11.8. The van der Waals surface area contributed by atoms with E-state index in [1.54, 1.807) is 6.92 Å². The molecule has 0 amide bonds. The molecule has 0 aliphatic rings. The van der Waals surface area contributed by atoms with Crippen molar-refractivity contribution in [3.05, 3.63) is 36.2 Å². The topological polar surface area (TPSA) is 127 Å². The largest absolute Gasteiger partial charge is 0.476 e. The van der Waals surface area contributed by atoms with E-state index in [1.165, 1.54) is 35.1 Å². The Balaban J connectivity index is 2.36. The molecule has 1 aromatic heterocycles. The molecule has 1 heterocycles. The second-order valence-electron chi connectivity index (χ2n) is 4.18. The van der Waals surface area contributed by atoms with Gasteiger partial charge in [0.1, 0.15) is 0 Å². The number of anilines is 1. The zero-order valence-corrected chi connectivity index (χ0v) is 12.0. The van der Waals surface area contributed by atoms with Gasteiger partial charge in [-0.2, -0.15) is 5.10 Å². The zero-order valence-electron chi connectivity index (χ0n) is 11.1. The van der Waals surface area contributed by atoms with Crippen LogP contribution in [0.4, 0.5) is 5.69 Å². The third kappa shape index (κ3) is 3.03. The number of sulfonamides is 1. The first kappa shape index (κ1) is 15.0. The molecule has 0 spiro atoms. The summed E-state index contributed by atoms with van der Waals surface area (Å²) in [6, 6.07) is 5.85. The van der Waals surface area contributed by atoms with Gasteiger partial charge in [0.05, 0.1) is 22.5 Å². The molecule has 2 aromatic rings. The van der Waals surface area contributed by atoms with E-state index in [0.717, 1.165) is 0 Å². The molecule has 21 heavy (non-hydrogen) atoms. The molecule has 0 bridgehead atoms. The summed E-state index contributed by atoms with van der Waals surface area (Å²) in [5, 5.41) is 12.7. The minimum atomic E-state index is -3.52. The molecule has 0 saturated heterocycles. The molecule has 0 aliphatic heterocycles. The van der Waals surface area contributed by atoms with Crippen LogP contribution in [0.25, 0.3) is 5.69 Å². The van der Waals surface area contributed by atoms with Crippen molar-refractivity contribution in [2.45, 2.75) is 11.8 Å². The van der Waals surface area contributed by atoms with Crippen molar-refractivity contribution in [1.29, 1.82) is 0 Å². The molecule has 0 atom stereocenters. The number of carbonyl (C=O) groups is 1. The van der Waals surface area contributed by atoms with E-state index >= 15 is 0 Å². The van der Waals surface area contributed by atoms with Crippen LogP contribution in [0.3, 0.4) is 0 Å². The standard InChI is InChI=1S/C12H14N4O4S/c1-2-14-21(19,20)9-5-3-8(4-6-9)16-7-10(13)11(15-16)12(17)18/h3-7,14H,2,13H2,1H3,(H,17,18). The van der Waals surface area contributed by atoms with Gasteiger partial charge in [-0.1, -0.05) is 6.92 Å². The van der Waals surface area contributed by atoms with E-state index in [2.05, 4.69) is 9.82 Å². The summed E-state index contributed by atoms with van der Waals surface area (Å²) in [6.07, 6.45) is 1.36. The first-order valence-electron chi connectivity index (χ1n) is 6.03. The van der Waals surface area contributed by atoms with Crippen LogP contribution in [0.5, 0.6) is 0 Å². The van der Waals surface area contributed by atoms with Crippen molar-refractivity contribution < 1.29 is 18.3 Å². The van der Waals surface area contributed by atoms with Crippen LogP contribution in [0, 0.1) is 0 Å². The third-order valence-electron chi connectivity index (χ3n) is 2.69. The van der Waals surface area contributed by atoms with E-state index in [1.807, 2.05) is 0 Å². The molecule has 0 fully saturated rings. The minimum Gasteiger partial charge on any atom is -0.476 e. The molecule has 1 aromatic carbocycles. The van der Waals surface area contributed by atoms with Gasteiger partial charge < -0.3 is 10.8 Å². The lowest BCUT2D eigenvalue weighted by Gasteiger charge is -2.06. The number of aromatic nitrogens is 2. The van der Waals surface area contributed by atoms with Crippen LogP contribution in [0.2, 0.25) is 0 Å². The molecule has 0 saturated carbocycles. The van der Waals surface area contributed by atoms with Crippen LogP contribution < -0.4 is 10.5 Å². The van der Waals surface area contributed by atoms with E-state index in [9.17, 15) is 13.2 Å². The number of carboxylic acids is 1. The Kier molecular flexibility index (Phi) is 3.96. The van der Waals surface area contributed by atoms with Crippen LogP contribution in [0.15, 0.2) is 35.4 Å². The molecule has 0 radical (unpaired) electrons. The second-order valence-corrected chi connectivity index (χ2v) is 5.94. The lowest BCUT2D eigenvalue weighted by molar-refractivity contribution is 0.0691. The van der Waals surface area contributed by atoms with Crippen molar-refractivity contribution in [3.8, 4) is 5.69 Å². The number of rotatable bonds is 5. The Morgan fingerprint density at radius 3 is 2.48 bits per heavy atom. The number of benzene rings is 1. The van der Waals surface area contributed by atoms with Gasteiger partial charge in [-0.15, -0.1) is 0 Å². The molecule has 9 heteroatoms. The second kappa shape index (κ2) is 5.54. The highest BCUT2D eigenvalue weighted by molar-refractivity contribution is 7.89. The van der Waals surface area contributed by atoms with Gasteiger partial charge in [0.15, 0.2) is 5.69 Å². The third-order valence-corrected chi connectivity index (χ3v) is 4.25. The quantitative estimate of drug-likeness (QED) is 0.735. The summed E-state index contributed by atoms with van der Waals surface area (Å²) in [6.45, 7) is 1.98. The average Bonchev–Trinajstić information content (AvgIpc) is 2.81. The average molecular weight is 310 g/mol. The predicted octanol–water partition coefficient (Wildman–Crippen LogP) is 0.451. The van der Waals surface area contributed by atoms with Crippen LogP contribution >= 0.6 is 0 Å². The lowest BCUT2D eigenvalue weighted by atomic mass is 10.3. The molecule has 4 N–H and O–H groups in total. The molecular weight excluding hydrogens is 296 g/mol. The molecule has 8 nitrogen and oxygen atoms in total. The number of hydrogen-bond acceptors (Lipinski definition) is 5. The Morgan fingerprint density at radius 1 is 1.38 bits per heavy atom. The molecular formula is C12H14N4O4S. The van der Waals surface area contributed by atoms with Crippen LogP contribution in [-0.4, -0.2) is 35.8 Å². The summed E-state index contributed by atoms with van der Waals surface area (Å²) in [4.78, 5) is 11.0. The molecule has 2 rings (SSSR count). The summed E-state index contributed by atoms with van der Waals surface area (Å²) in [7, 11) is -3.52. The first-order valence-corrected chi connectivity index (χ1v) is 7.52. The normalized spacial score (nSPS) is 11.5. The number of aromatic carboxylic acids is 1. The summed E-state index contributed by atoms with van der Waals surface area (Å²) < 4.78 is 27.3. The minimum absolute atomic E-state index is 0.0341. The highest BCUT2D eigenvalue weighted by Crippen LogP contribution is 2.16. The highest BCUT2D eigenvalue weighted by Gasteiger charge is 2.15. The summed E-state index contributed by atoms with van der Waals surface area (Å²) in [5.41, 5.74) is 5.84. The summed E-state index contributed by atoms with van der Waals surface area (Å²) >= 11 is 0. The number of nitrogen functional groups attached to an aromatic ring is 1. The SMILES string of the molecule is CCNS(=O)(=O)c1ccc(-n2cc(N)c(C(=O)O)n2)cc1. The number of hydrogen-bond donors (Lipinski definition) is 3. The first-order chi connectivity index (χ1) is 9.85. The van der Waals surface area contributed by atoms with Gasteiger partial charge in [-0.05, 0) is 24.3 Å². The smallest absolute Gasteiger partial charge is 0.358 e. The fourth-order valence-electron chi connectivity index (χ4n) is 1.74. The van der Waals surface area contributed by atoms with Crippen molar-refractivity contribution >= 4 is 21.7 Å². The van der Waals surface area contributed by atoms with Gasteiger partial charge in [0.25, 0.3) is 0 Å². The van der Waals surface area contributed by atoms with E-state index < -0.39 is 16.0 Å². The summed E-state index contributed by atoms with van der Waals surface area (Å²) in [5.74, 6) is -1.22. The maximum atomic E-state index is 11.8. The van der Waals surface area contributed by atoms with Gasteiger partial charge in [-0.3, -0.25) is 0 Å². The van der Waals surface area contributed by atoms with Crippen molar-refractivity contribution in [3.63, 3.8) is 0 Å². The number of nitrogens with one attached hydrogen (secondary N) is 1. The monoisotopic (exact) mass is 310 g/mol. The zero-order chi connectivity index (χ0) is 15.6. The Bertz CT molecular complexity index is 765. The Hall–Kier alpha value is -2.39. The molecule has 112 valence electrons.